The Morgan fingerprint density at radius 3 is 1.15 bits per heavy atom. The average molecular weight is 702 g/mol. The van der Waals surface area contributed by atoms with Crippen molar-refractivity contribution in [1.29, 1.82) is 5.26 Å². The van der Waals surface area contributed by atoms with Crippen LogP contribution in [0.5, 0.6) is 0 Å². The van der Waals surface area contributed by atoms with E-state index < -0.39 is 23.5 Å². The molecule has 0 saturated heterocycles. The maximum absolute atomic E-state index is 14.1. The van der Waals surface area contributed by atoms with Crippen molar-refractivity contribution in [1.82, 2.24) is 9.13 Å². The predicted molar refractivity (Wildman–Crippen MR) is 194 cm³/mol. The van der Waals surface area contributed by atoms with Gasteiger partial charge >= 0.3 is 12.4 Å². The lowest BCUT2D eigenvalue weighted by Crippen LogP contribution is -2.11. The molecule has 0 aliphatic heterocycles. The monoisotopic (exact) mass is 701 g/mol. The molecule has 0 aliphatic carbocycles. The first-order chi connectivity index (χ1) is 24.7. The Labute approximate surface area is 294 Å². The number of halogens is 6. The molecular weight excluding hydrogens is 672 g/mol. The zero-order valence-corrected chi connectivity index (χ0v) is 28.4. The summed E-state index contributed by atoms with van der Waals surface area (Å²) in [4.78, 5) is 0. The summed E-state index contributed by atoms with van der Waals surface area (Å²) in [6.07, 6.45) is -10.1. The highest BCUT2D eigenvalue weighted by atomic mass is 19.4. The summed E-state index contributed by atoms with van der Waals surface area (Å²) in [5.41, 5.74) is 4.96. The minimum absolute atomic E-state index is 0.0544. The Hall–Kier alpha value is -6.01. The van der Waals surface area contributed by atoms with Crippen LogP contribution < -0.4 is 0 Å². The molecule has 2 aromatic heterocycles. The highest BCUT2D eigenvalue weighted by Crippen LogP contribution is 2.45. The van der Waals surface area contributed by atoms with E-state index in [-0.39, 0.29) is 22.8 Å². The van der Waals surface area contributed by atoms with Gasteiger partial charge in [-0.1, -0.05) is 48.5 Å². The first-order valence-electron chi connectivity index (χ1n) is 16.6. The number of nitriles is 1. The molecule has 0 saturated carbocycles. The van der Waals surface area contributed by atoms with Crippen LogP contribution in [-0.2, 0) is 12.4 Å². The summed E-state index contributed by atoms with van der Waals surface area (Å²) in [7, 11) is 0. The van der Waals surface area contributed by atoms with Gasteiger partial charge in [0.25, 0.3) is 0 Å². The van der Waals surface area contributed by atoms with Gasteiger partial charge in [-0.2, -0.15) is 31.6 Å². The summed E-state index contributed by atoms with van der Waals surface area (Å²) in [5, 5.41) is 14.6. The average Bonchev–Trinajstić information content (AvgIpc) is 3.63. The van der Waals surface area contributed by atoms with Gasteiger partial charge in [0.15, 0.2) is 0 Å². The topological polar surface area (TPSA) is 33.6 Å². The Morgan fingerprint density at radius 1 is 0.481 bits per heavy atom. The van der Waals surface area contributed by atoms with Gasteiger partial charge in [0.05, 0.1) is 56.2 Å². The summed E-state index contributed by atoms with van der Waals surface area (Å²) in [6.45, 7) is 8.05. The normalized spacial score (nSPS) is 12.4. The number of alkyl halides is 6. The standard InChI is InChI=1S/C43H29F6N3/c1-23-9-5-13-32-38(23)39-24(2)10-6-14-33(39)51(32)36-19-28(22-50)31(27-17-29(42(44,45)46)20-30(18-27)43(47,48)49)21-37(36)52-34-15-7-11-25(3)40(34)41-26(4)12-8-16-35(41)52/h5-21H,1-4H3. The second-order valence-electron chi connectivity index (χ2n) is 13.3. The maximum Gasteiger partial charge on any atom is 0.416 e. The number of benzene rings is 6. The van der Waals surface area contributed by atoms with E-state index >= 15 is 0 Å². The number of hydrogen-bond acceptors (Lipinski definition) is 1. The quantitative estimate of drug-likeness (QED) is 0.169. The Bertz CT molecular complexity index is 2670. The third kappa shape index (κ3) is 4.96. The number of fused-ring (bicyclic) bond motifs is 6. The van der Waals surface area contributed by atoms with Crippen LogP contribution in [0.2, 0.25) is 0 Å². The highest BCUT2D eigenvalue weighted by molar-refractivity contribution is 6.14. The van der Waals surface area contributed by atoms with Crippen molar-refractivity contribution in [3.8, 4) is 28.6 Å². The van der Waals surface area contributed by atoms with Crippen molar-refractivity contribution >= 4 is 43.6 Å². The van der Waals surface area contributed by atoms with Crippen LogP contribution in [0.3, 0.4) is 0 Å². The van der Waals surface area contributed by atoms with Crippen molar-refractivity contribution in [2.75, 3.05) is 0 Å². The second-order valence-corrected chi connectivity index (χ2v) is 13.3. The SMILES string of the molecule is Cc1cccc2c1c1c(C)cccc1n2-c1cc(C#N)c(-c2cc(C(F)(F)F)cc(C(F)(F)F)c2)cc1-n1c2cccc(C)c2c2c(C)cccc21. The Morgan fingerprint density at radius 2 is 0.827 bits per heavy atom. The molecule has 0 N–H and O–H groups in total. The van der Waals surface area contributed by atoms with E-state index in [0.29, 0.717) is 23.5 Å². The van der Waals surface area contributed by atoms with Crippen LogP contribution in [0, 0.1) is 39.0 Å². The smallest absolute Gasteiger partial charge is 0.307 e. The van der Waals surface area contributed by atoms with Crippen molar-refractivity contribution in [2.24, 2.45) is 0 Å². The van der Waals surface area contributed by atoms with E-state index in [1.54, 1.807) is 12.1 Å². The van der Waals surface area contributed by atoms with Crippen LogP contribution in [0.1, 0.15) is 38.9 Å². The largest absolute Gasteiger partial charge is 0.416 e. The summed E-state index contributed by atoms with van der Waals surface area (Å²) in [6, 6.07) is 30.4. The lowest BCUT2D eigenvalue weighted by Gasteiger charge is -2.20. The summed E-state index contributed by atoms with van der Waals surface area (Å²) < 4.78 is 88.8. The zero-order chi connectivity index (χ0) is 36.9. The number of hydrogen-bond donors (Lipinski definition) is 0. The van der Waals surface area contributed by atoms with Gasteiger partial charge in [0, 0.05) is 27.1 Å². The van der Waals surface area contributed by atoms with Crippen LogP contribution in [0.4, 0.5) is 26.3 Å². The fourth-order valence-electron chi connectivity index (χ4n) is 7.81. The molecule has 0 aliphatic rings. The Kier molecular flexibility index (Phi) is 7.33. The molecule has 0 fully saturated rings. The van der Waals surface area contributed by atoms with Crippen LogP contribution in [0.15, 0.2) is 103 Å². The van der Waals surface area contributed by atoms with Gasteiger partial charge < -0.3 is 9.13 Å². The van der Waals surface area contributed by atoms with Gasteiger partial charge in [-0.25, -0.2) is 0 Å². The molecule has 0 bridgehead atoms. The van der Waals surface area contributed by atoms with Gasteiger partial charge in [0.2, 0.25) is 0 Å². The van der Waals surface area contributed by atoms with Gasteiger partial charge in [0.1, 0.15) is 0 Å². The minimum Gasteiger partial charge on any atom is -0.307 e. The van der Waals surface area contributed by atoms with Crippen molar-refractivity contribution in [2.45, 2.75) is 40.0 Å². The number of aryl methyl sites for hydroxylation is 4. The fraction of sp³-hybridized carbons (Fsp3) is 0.140. The molecule has 52 heavy (non-hydrogen) atoms. The van der Waals surface area contributed by atoms with Crippen molar-refractivity contribution < 1.29 is 26.3 Å². The fourth-order valence-corrected chi connectivity index (χ4v) is 7.81. The van der Waals surface area contributed by atoms with Crippen molar-refractivity contribution in [3.63, 3.8) is 0 Å². The third-order valence-electron chi connectivity index (χ3n) is 10.1. The lowest BCUT2D eigenvalue weighted by molar-refractivity contribution is -0.143. The summed E-state index contributed by atoms with van der Waals surface area (Å²) in [5.74, 6) is 0. The Balaban J connectivity index is 1.60. The molecule has 258 valence electrons. The van der Waals surface area contributed by atoms with Crippen LogP contribution >= 0.6 is 0 Å². The van der Waals surface area contributed by atoms with E-state index in [2.05, 4.69) is 6.07 Å². The molecule has 2 heterocycles. The summed E-state index contributed by atoms with van der Waals surface area (Å²) >= 11 is 0. The maximum atomic E-state index is 14.1. The molecule has 6 aromatic carbocycles. The van der Waals surface area contributed by atoms with Gasteiger partial charge in [-0.05, 0) is 110 Å². The third-order valence-corrected chi connectivity index (χ3v) is 10.1. The second kappa shape index (κ2) is 11.5. The van der Waals surface area contributed by atoms with E-state index in [9.17, 15) is 31.6 Å². The molecule has 0 amide bonds. The molecule has 9 heteroatoms. The molecule has 0 unspecified atom stereocenters. The highest BCUT2D eigenvalue weighted by Gasteiger charge is 2.37. The number of nitrogens with zero attached hydrogens (tertiary/aromatic N) is 3. The molecule has 8 aromatic rings. The number of rotatable bonds is 3. The predicted octanol–water partition coefficient (Wildman–Crippen LogP) is 12.7. The zero-order valence-electron chi connectivity index (χ0n) is 28.4. The van der Waals surface area contributed by atoms with Crippen molar-refractivity contribution in [3.05, 3.63) is 142 Å². The number of aromatic nitrogens is 2. The minimum atomic E-state index is -5.06. The molecular formula is C43H29F6N3. The first-order valence-corrected chi connectivity index (χ1v) is 16.6. The van der Waals surface area contributed by atoms with Crippen LogP contribution in [-0.4, -0.2) is 9.13 Å². The van der Waals surface area contributed by atoms with E-state index in [4.69, 9.17) is 0 Å². The molecule has 0 radical (unpaired) electrons. The molecule has 8 rings (SSSR count). The van der Waals surface area contributed by atoms with E-state index in [0.717, 1.165) is 65.9 Å². The lowest BCUT2D eigenvalue weighted by atomic mass is 9.94. The van der Waals surface area contributed by atoms with E-state index in [1.807, 2.05) is 110 Å². The van der Waals surface area contributed by atoms with Gasteiger partial charge in [-0.3, -0.25) is 0 Å². The molecule has 0 spiro atoms. The van der Waals surface area contributed by atoms with Crippen LogP contribution in [0.25, 0.3) is 66.1 Å². The van der Waals surface area contributed by atoms with Gasteiger partial charge in [-0.15, -0.1) is 0 Å². The molecule has 3 nitrogen and oxygen atoms in total. The molecule has 0 atom stereocenters. The first kappa shape index (κ1) is 33.2. The van der Waals surface area contributed by atoms with E-state index in [1.165, 1.54) is 0 Å².